The first-order valence-electron chi connectivity index (χ1n) is 7.93. The molecule has 6 heteroatoms. The molecule has 0 saturated carbocycles. The lowest BCUT2D eigenvalue weighted by Gasteiger charge is -2.27. The van der Waals surface area contributed by atoms with Crippen molar-refractivity contribution in [3.8, 4) is 0 Å². The van der Waals surface area contributed by atoms with Crippen LogP contribution in [0.2, 0.25) is 5.02 Å². The van der Waals surface area contributed by atoms with Crippen LogP contribution in [0.25, 0.3) is 0 Å². The van der Waals surface area contributed by atoms with Gasteiger partial charge in [-0.05, 0) is 31.0 Å². The van der Waals surface area contributed by atoms with E-state index in [0.29, 0.717) is 18.2 Å². The van der Waals surface area contributed by atoms with Crippen LogP contribution < -0.4 is 0 Å². The van der Waals surface area contributed by atoms with Gasteiger partial charge in [0.2, 0.25) is 5.91 Å². The van der Waals surface area contributed by atoms with Gasteiger partial charge in [-0.2, -0.15) is 0 Å². The third-order valence-electron chi connectivity index (χ3n) is 4.06. The van der Waals surface area contributed by atoms with E-state index in [4.69, 9.17) is 16.3 Å². The third kappa shape index (κ3) is 5.18. The van der Waals surface area contributed by atoms with Gasteiger partial charge in [0.05, 0.1) is 25.4 Å². The number of aliphatic hydroxyl groups excluding tert-OH is 1. The van der Waals surface area contributed by atoms with E-state index in [1.54, 1.807) is 19.0 Å². The lowest BCUT2D eigenvalue weighted by atomic mass is 10.2. The van der Waals surface area contributed by atoms with Crippen LogP contribution in [0.4, 0.5) is 0 Å². The molecule has 1 aliphatic rings. The molecule has 0 radical (unpaired) electrons. The van der Waals surface area contributed by atoms with Crippen molar-refractivity contribution in [3.63, 3.8) is 0 Å². The van der Waals surface area contributed by atoms with Crippen LogP contribution in [-0.2, 0) is 16.1 Å². The van der Waals surface area contributed by atoms with E-state index in [-0.39, 0.29) is 18.6 Å². The topological polar surface area (TPSA) is 53.0 Å². The van der Waals surface area contributed by atoms with Crippen LogP contribution in [0.5, 0.6) is 0 Å². The Morgan fingerprint density at radius 1 is 1.48 bits per heavy atom. The van der Waals surface area contributed by atoms with Crippen LogP contribution in [0, 0.1) is 0 Å². The maximum atomic E-state index is 12.1. The van der Waals surface area contributed by atoms with Gasteiger partial charge in [0.1, 0.15) is 0 Å². The van der Waals surface area contributed by atoms with E-state index in [9.17, 15) is 9.90 Å². The van der Waals surface area contributed by atoms with Crippen LogP contribution >= 0.6 is 11.6 Å². The summed E-state index contributed by atoms with van der Waals surface area (Å²) < 4.78 is 5.56. The van der Waals surface area contributed by atoms with Gasteiger partial charge >= 0.3 is 0 Å². The minimum absolute atomic E-state index is 0.103. The van der Waals surface area contributed by atoms with E-state index in [1.165, 1.54) is 0 Å². The summed E-state index contributed by atoms with van der Waals surface area (Å²) in [5, 5.41) is 10.8. The maximum Gasteiger partial charge on any atom is 0.239 e. The zero-order valence-corrected chi connectivity index (χ0v) is 14.5. The summed E-state index contributed by atoms with van der Waals surface area (Å²) in [6.07, 6.45) is 1.22. The number of benzene rings is 1. The molecule has 5 nitrogen and oxygen atoms in total. The number of amides is 1. The molecular weight excluding hydrogens is 316 g/mol. The summed E-state index contributed by atoms with van der Waals surface area (Å²) in [7, 11) is 3.53. The quantitative estimate of drug-likeness (QED) is 0.822. The Balaban J connectivity index is 1.77. The predicted octanol–water partition coefficient (Wildman–Crippen LogP) is 1.77. The Labute approximate surface area is 142 Å². The van der Waals surface area contributed by atoms with Crippen molar-refractivity contribution >= 4 is 17.5 Å². The van der Waals surface area contributed by atoms with Crippen molar-refractivity contribution < 1.29 is 14.6 Å². The number of halogens is 1. The summed E-state index contributed by atoms with van der Waals surface area (Å²) in [5.41, 5.74) is 0.906. The predicted molar refractivity (Wildman–Crippen MR) is 90.4 cm³/mol. The molecule has 2 unspecified atom stereocenters. The normalized spacial score (nSPS) is 19.7. The SMILES string of the molecule is CN(C)C(=O)C1CCCN1CC(O)COCc1ccccc1Cl. The minimum Gasteiger partial charge on any atom is -0.389 e. The van der Waals surface area contributed by atoms with Crippen LogP contribution in [0.1, 0.15) is 18.4 Å². The highest BCUT2D eigenvalue weighted by Gasteiger charge is 2.32. The lowest BCUT2D eigenvalue weighted by Crippen LogP contribution is -2.46. The highest BCUT2D eigenvalue weighted by molar-refractivity contribution is 6.31. The highest BCUT2D eigenvalue weighted by Crippen LogP contribution is 2.19. The number of likely N-dealkylation sites (tertiary alicyclic amines) is 1. The van der Waals surface area contributed by atoms with Gasteiger partial charge in [0.15, 0.2) is 0 Å². The Kier molecular flexibility index (Phi) is 6.84. The van der Waals surface area contributed by atoms with Crippen molar-refractivity contribution in [3.05, 3.63) is 34.9 Å². The molecule has 1 saturated heterocycles. The third-order valence-corrected chi connectivity index (χ3v) is 4.43. The lowest BCUT2D eigenvalue weighted by molar-refractivity contribution is -0.134. The molecule has 0 bridgehead atoms. The molecule has 2 atom stereocenters. The summed E-state index contributed by atoms with van der Waals surface area (Å²) in [5.74, 6) is 0.103. The van der Waals surface area contributed by atoms with Crippen molar-refractivity contribution in [2.75, 3.05) is 33.8 Å². The van der Waals surface area contributed by atoms with Crippen molar-refractivity contribution in [2.24, 2.45) is 0 Å². The van der Waals surface area contributed by atoms with Crippen LogP contribution in [0.15, 0.2) is 24.3 Å². The van der Waals surface area contributed by atoms with Gasteiger partial charge in [-0.1, -0.05) is 29.8 Å². The molecule has 0 spiro atoms. The van der Waals surface area contributed by atoms with Crippen molar-refractivity contribution in [2.45, 2.75) is 31.6 Å². The number of aliphatic hydroxyl groups is 1. The van der Waals surface area contributed by atoms with Crippen LogP contribution in [0.3, 0.4) is 0 Å². The van der Waals surface area contributed by atoms with Gasteiger partial charge in [0, 0.05) is 25.7 Å². The monoisotopic (exact) mass is 340 g/mol. The fourth-order valence-electron chi connectivity index (χ4n) is 2.87. The standard InChI is InChI=1S/C17H25ClN2O3/c1-19(2)17(22)16-8-5-9-20(16)10-14(21)12-23-11-13-6-3-4-7-15(13)18/h3-4,6-7,14,16,21H,5,8-12H2,1-2H3. The Bertz CT molecular complexity index is 524. The minimum atomic E-state index is -0.618. The van der Waals surface area contributed by atoms with Gasteiger partial charge in [-0.25, -0.2) is 0 Å². The van der Waals surface area contributed by atoms with E-state index < -0.39 is 6.10 Å². The average molecular weight is 341 g/mol. The Morgan fingerprint density at radius 2 is 2.22 bits per heavy atom. The number of carbonyl (C=O) groups is 1. The van der Waals surface area contributed by atoms with Crippen LogP contribution in [-0.4, -0.2) is 66.8 Å². The first-order chi connectivity index (χ1) is 11.0. The van der Waals surface area contributed by atoms with E-state index >= 15 is 0 Å². The molecule has 1 heterocycles. The molecule has 1 fully saturated rings. The average Bonchev–Trinajstić information content (AvgIpc) is 2.96. The maximum absolute atomic E-state index is 12.1. The molecule has 128 valence electrons. The molecule has 1 N–H and O–H groups in total. The molecule has 0 aromatic heterocycles. The van der Waals surface area contributed by atoms with E-state index in [0.717, 1.165) is 24.9 Å². The fourth-order valence-corrected chi connectivity index (χ4v) is 3.06. The van der Waals surface area contributed by atoms with Crippen molar-refractivity contribution in [1.29, 1.82) is 0 Å². The molecule has 2 rings (SSSR count). The Morgan fingerprint density at radius 3 is 2.91 bits per heavy atom. The van der Waals surface area contributed by atoms with Gasteiger partial charge < -0.3 is 14.7 Å². The second-order valence-corrected chi connectivity index (χ2v) is 6.55. The summed E-state index contributed by atoms with van der Waals surface area (Å²) in [6.45, 7) is 1.89. The number of rotatable bonds is 7. The molecule has 0 aliphatic carbocycles. The molecule has 1 aromatic rings. The van der Waals surface area contributed by atoms with Gasteiger partial charge in [-0.15, -0.1) is 0 Å². The number of nitrogens with zero attached hydrogens (tertiary/aromatic N) is 2. The van der Waals surface area contributed by atoms with E-state index in [2.05, 4.69) is 0 Å². The first kappa shape index (κ1) is 18.2. The van der Waals surface area contributed by atoms with Crippen molar-refractivity contribution in [1.82, 2.24) is 9.80 Å². The second kappa shape index (κ2) is 8.64. The Hall–Kier alpha value is -1.14. The van der Waals surface area contributed by atoms with E-state index in [1.807, 2.05) is 29.2 Å². The number of hydrogen-bond donors (Lipinski definition) is 1. The number of likely N-dealkylation sites (N-methyl/N-ethyl adjacent to an activating group) is 1. The summed E-state index contributed by atoms with van der Waals surface area (Å²) in [4.78, 5) is 15.8. The molecule has 1 aromatic carbocycles. The molecule has 1 aliphatic heterocycles. The molecule has 1 amide bonds. The summed E-state index contributed by atoms with van der Waals surface area (Å²) >= 11 is 6.07. The molecular formula is C17H25ClN2O3. The largest absolute Gasteiger partial charge is 0.389 e. The number of ether oxygens (including phenoxy) is 1. The number of hydrogen-bond acceptors (Lipinski definition) is 4. The first-order valence-corrected chi connectivity index (χ1v) is 8.31. The fraction of sp³-hybridized carbons (Fsp3) is 0.588. The smallest absolute Gasteiger partial charge is 0.239 e. The second-order valence-electron chi connectivity index (χ2n) is 6.15. The number of β-amino-alcohol motifs (C(OH)–C–C–N with tert-alkyl or cyclic N) is 1. The summed E-state index contributed by atoms with van der Waals surface area (Å²) in [6, 6.07) is 7.38. The van der Waals surface area contributed by atoms with Gasteiger partial charge in [-0.3, -0.25) is 9.69 Å². The molecule has 23 heavy (non-hydrogen) atoms. The highest BCUT2D eigenvalue weighted by atomic mass is 35.5. The zero-order valence-electron chi connectivity index (χ0n) is 13.7. The van der Waals surface area contributed by atoms with Gasteiger partial charge in [0.25, 0.3) is 0 Å². The zero-order chi connectivity index (χ0) is 16.8. The number of carbonyl (C=O) groups excluding carboxylic acids is 1.